The third-order valence-electron chi connectivity index (χ3n) is 3.36. The molecule has 0 heterocycles. The van der Waals surface area contributed by atoms with E-state index in [-0.39, 0.29) is 11.3 Å². The molecule has 0 aliphatic rings. The van der Waals surface area contributed by atoms with Crippen molar-refractivity contribution in [2.45, 2.75) is 13.3 Å². The molecule has 2 aromatic rings. The molecular weight excluding hydrogens is 258 g/mol. The molecule has 0 amide bonds. The second-order valence-electron chi connectivity index (χ2n) is 4.38. The zero-order chi connectivity index (χ0) is 14.9. The van der Waals surface area contributed by atoms with Crippen molar-refractivity contribution in [1.29, 1.82) is 0 Å². The van der Waals surface area contributed by atoms with Crippen LogP contribution in [0.15, 0.2) is 18.2 Å². The maximum atomic E-state index is 11.4. The van der Waals surface area contributed by atoms with Crippen LogP contribution in [0.4, 0.5) is 5.69 Å². The van der Waals surface area contributed by atoms with E-state index in [0.717, 1.165) is 5.39 Å². The number of carbonyl (C=O) groups is 1. The van der Waals surface area contributed by atoms with Crippen LogP contribution in [-0.2, 0) is 6.42 Å². The normalized spacial score (nSPS) is 10.6. The zero-order valence-electron chi connectivity index (χ0n) is 11.7. The van der Waals surface area contributed by atoms with Crippen LogP contribution in [0.25, 0.3) is 10.8 Å². The summed E-state index contributed by atoms with van der Waals surface area (Å²) in [5.41, 5.74) is 7.13. The molecule has 5 heteroatoms. The molecule has 0 atom stereocenters. The van der Waals surface area contributed by atoms with Crippen molar-refractivity contribution < 1.29 is 19.4 Å². The topological polar surface area (TPSA) is 81.8 Å². The molecule has 0 saturated heterocycles. The fraction of sp³-hybridized carbons (Fsp3) is 0.267. The van der Waals surface area contributed by atoms with Crippen LogP contribution in [0.5, 0.6) is 11.5 Å². The molecule has 0 unspecified atom stereocenters. The summed E-state index contributed by atoms with van der Waals surface area (Å²) in [5, 5.41) is 10.8. The van der Waals surface area contributed by atoms with Crippen molar-refractivity contribution in [3.05, 3.63) is 29.3 Å². The lowest BCUT2D eigenvalue weighted by molar-refractivity contribution is 0.0697. The molecule has 0 aliphatic carbocycles. The predicted molar refractivity (Wildman–Crippen MR) is 77.8 cm³/mol. The van der Waals surface area contributed by atoms with Crippen LogP contribution in [0.3, 0.4) is 0 Å². The molecule has 2 aromatic carbocycles. The number of carboxylic acid groups (broad SMARTS) is 1. The van der Waals surface area contributed by atoms with Gasteiger partial charge in [0.05, 0.1) is 30.9 Å². The quantitative estimate of drug-likeness (QED) is 0.838. The second-order valence-corrected chi connectivity index (χ2v) is 4.38. The summed E-state index contributed by atoms with van der Waals surface area (Å²) in [6, 6.07) is 5.45. The Hall–Kier alpha value is -2.43. The number of rotatable bonds is 4. The van der Waals surface area contributed by atoms with Crippen LogP contribution >= 0.6 is 0 Å². The van der Waals surface area contributed by atoms with Gasteiger partial charge in [-0.15, -0.1) is 0 Å². The Kier molecular flexibility index (Phi) is 3.70. The van der Waals surface area contributed by atoms with Crippen molar-refractivity contribution in [2.75, 3.05) is 20.0 Å². The number of aromatic carboxylic acids is 1. The van der Waals surface area contributed by atoms with E-state index >= 15 is 0 Å². The maximum Gasteiger partial charge on any atom is 0.338 e. The first-order valence-corrected chi connectivity index (χ1v) is 6.24. The summed E-state index contributed by atoms with van der Waals surface area (Å²) < 4.78 is 10.6. The van der Waals surface area contributed by atoms with Gasteiger partial charge >= 0.3 is 5.97 Å². The molecule has 0 fully saturated rings. The van der Waals surface area contributed by atoms with Gasteiger partial charge in [0, 0.05) is 0 Å². The van der Waals surface area contributed by atoms with Gasteiger partial charge in [0.2, 0.25) is 0 Å². The molecule has 5 nitrogen and oxygen atoms in total. The van der Waals surface area contributed by atoms with Gasteiger partial charge in [0.1, 0.15) is 0 Å². The van der Waals surface area contributed by atoms with E-state index in [1.807, 2.05) is 19.1 Å². The Labute approximate surface area is 116 Å². The van der Waals surface area contributed by atoms with Crippen LogP contribution in [-0.4, -0.2) is 25.3 Å². The molecule has 2 rings (SSSR count). The number of nitrogen functional groups attached to an aromatic ring is 1. The molecule has 0 spiro atoms. The van der Waals surface area contributed by atoms with Crippen molar-refractivity contribution in [1.82, 2.24) is 0 Å². The number of fused-ring (bicyclic) bond motifs is 1. The van der Waals surface area contributed by atoms with E-state index in [0.29, 0.717) is 28.9 Å². The minimum absolute atomic E-state index is 0.131. The first-order chi connectivity index (χ1) is 9.54. The lowest BCUT2D eigenvalue weighted by atomic mass is 9.96. The number of hydrogen-bond acceptors (Lipinski definition) is 4. The smallest absolute Gasteiger partial charge is 0.338 e. The number of anilines is 1. The molecule has 0 bridgehead atoms. The van der Waals surface area contributed by atoms with E-state index in [2.05, 4.69) is 0 Å². The predicted octanol–water partition coefficient (Wildman–Crippen LogP) is 2.70. The standard InChI is InChI=1S/C15H17NO4/c1-4-8-7-9-5-6-10(19-2)14(20-3)11(9)13(16)12(8)15(17)18/h5-7H,4,16H2,1-3H3,(H,17,18). The van der Waals surface area contributed by atoms with Gasteiger partial charge in [-0.1, -0.05) is 19.1 Å². The third-order valence-corrected chi connectivity index (χ3v) is 3.36. The summed E-state index contributed by atoms with van der Waals surface area (Å²) in [6.07, 6.45) is 0.593. The fourth-order valence-corrected chi connectivity index (χ4v) is 2.43. The van der Waals surface area contributed by atoms with Crippen molar-refractivity contribution in [3.8, 4) is 11.5 Å². The number of aryl methyl sites for hydroxylation is 1. The average molecular weight is 275 g/mol. The molecular formula is C15H17NO4. The molecule has 3 N–H and O–H groups in total. The van der Waals surface area contributed by atoms with E-state index < -0.39 is 5.97 Å². The summed E-state index contributed by atoms with van der Waals surface area (Å²) in [5.74, 6) is -0.0638. The summed E-state index contributed by atoms with van der Waals surface area (Å²) in [4.78, 5) is 11.4. The monoisotopic (exact) mass is 275 g/mol. The molecule has 0 radical (unpaired) electrons. The molecule has 0 saturated carbocycles. The van der Waals surface area contributed by atoms with Gasteiger partial charge in [-0.3, -0.25) is 0 Å². The minimum Gasteiger partial charge on any atom is -0.493 e. The Bertz CT molecular complexity index is 679. The number of nitrogens with two attached hydrogens (primary N) is 1. The highest BCUT2D eigenvalue weighted by molar-refractivity contribution is 6.09. The van der Waals surface area contributed by atoms with Crippen molar-refractivity contribution in [3.63, 3.8) is 0 Å². The third kappa shape index (κ3) is 2.01. The van der Waals surface area contributed by atoms with Crippen LogP contribution in [0, 0.1) is 0 Å². The van der Waals surface area contributed by atoms with Crippen molar-refractivity contribution in [2.24, 2.45) is 0 Å². The van der Waals surface area contributed by atoms with Gasteiger partial charge in [-0.2, -0.15) is 0 Å². The van der Waals surface area contributed by atoms with Gasteiger partial charge < -0.3 is 20.3 Å². The summed E-state index contributed by atoms with van der Waals surface area (Å²) >= 11 is 0. The number of carboxylic acids is 1. The van der Waals surface area contributed by atoms with Gasteiger partial charge in [-0.25, -0.2) is 4.79 Å². The first-order valence-electron chi connectivity index (χ1n) is 6.24. The van der Waals surface area contributed by atoms with E-state index in [4.69, 9.17) is 15.2 Å². The van der Waals surface area contributed by atoms with Crippen LogP contribution < -0.4 is 15.2 Å². The zero-order valence-corrected chi connectivity index (χ0v) is 11.7. The maximum absolute atomic E-state index is 11.4. The highest BCUT2D eigenvalue weighted by Gasteiger charge is 2.20. The molecule has 0 aromatic heterocycles. The van der Waals surface area contributed by atoms with Gasteiger partial charge in [0.15, 0.2) is 11.5 Å². The van der Waals surface area contributed by atoms with E-state index in [9.17, 15) is 9.90 Å². The largest absolute Gasteiger partial charge is 0.493 e. The van der Waals surface area contributed by atoms with Crippen LogP contribution in [0.2, 0.25) is 0 Å². The number of ether oxygens (including phenoxy) is 2. The van der Waals surface area contributed by atoms with E-state index in [1.165, 1.54) is 14.2 Å². The molecule has 0 aliphatic heterocycles. The first kappa shape index (κ1) is 14.0. The highest BCUT2D eigenvalue weighted by Crippen LogP contribution is 2.41. The molecule has 106 valence electrons. The average Bonchev–Trinajstić information content (AvgIpc) is 2.44. The Balaban J connectivity index is 2.95. The Morgan fingerprint density at radius 1 is 1.30 bits per heavy atom. The highest BCUT2D eigenvalue weighted by atomic mass is 16.5. The lowest BCUT2D eigenvalue weighted by Gasteiger charge is -2.16. The summed E-state index contributed by atoms with van der Waals surface area (Å²) in [7, 11) is 3.03. The number of hydrogen-bond donors (Lipinski definition) is 2. The number of methoxy groups -OCH3 is 2. The lowest BCUT2D eigenvalue weighted by Crippen LogP contribution is -2.08. The van der Waals surface area contributed by atoms with Crippen molar-refractivity contribution >= 4 is 22.4 Å². The van der Waals surface area contributed by atoms with E-state index in [1.54, 1.807) is 6.07 Å². The second kappa shape index (κ2) is 5.28. The Morgan fingerprint density at radius 2 is 2.00 bits per heavy atom. The minimum atomic E-state index is -1.04. The van der Waals surface area contributed by atoms with Gasteiger partial charge in [0.25, 0.3) is 0 Å². The number of benzene rings is 2. The van der Waals surface area contributed by atoms with Crippen LogP contribution in [0.1, 0.15) is 22.8 Å². The van der Waals surface area contributed by atoms with Gasteiger partial charge in [-0.05, 0) is 23.4 Å². The summed E-state index contributed by atoms with van der Waals surface area (Å²) in [6.45, 7) is 1.90. The Morgan fingerprint density at radius 3 is 2.50 bits per heavy atom. The SMILES string of the molecule is CCc1cc2ccc(OC)c(OC)c2c(N)c1C(=O)O. The fourth-order valence-electron chi connectivity index (χ4n) is 2.43. The molecule has 20 heavy (non-hydrogen) atoms.